The zero-order chi connectivity index (χ0) is 14.5. The Morgan fingerprint density at radius 3 is 2.55 bits per heavy atom. The first kappa shape index (κ1) is 14.2. The van der Waals surface area contributed by atoms with Crippen LogP contribution in [-0.4, -0.2) is 22.0 Å². The molecule has 2 rings (SSSR count). The van der Waals surface area contributed by atoms with Crippen molar-refractivity contribution in [2.24, 2.45) is 0 Å². The number of hydrogen-bond acceptors (Lipinski definition) is 5. The van der Waals surface area contributed by atoms with Gasteiger partial charge in [0, 0.05) is 18.8 Å². The van der Waals surface area contributed by atoms with Crippen LogP contribution in [0.2, 0.25) is 0 Å². The highest BCUT2D eigenvalue weighted by Gasteiger charge is 2.14. The molecule has 0 saturated heterocycles. The first-order chi connectivity index (χ1) is 9.63. The Morgan fingerprint density at radius 2 is 1.90 bits per heavy atom. The van der Waals surface area contributed by atoms with Gasteiger partial charge in [-0.1, -0.05) is 19.9 Å². The standard InChI is InChI=1S/C15H21N5/c1-10(2)13-14(16-4)19-9-20-15(13)18-8-12-11(3)6-5-7-17-12/h5-7,9-10H,8H2,1-4H3,(H2,16,18,19,20). The van der Waals surface area contributed by atoms with Crippen LogP contribution < -0.4 is 10.6 Å². The van der Waals surface area contributed by atoms with Crippen molar-refractivity contribution in [1.29, 1.82) is 0 Å². The second kappa shape index (κ2) is 6.32. The Balaban J connectivity index is 2.24. The van der Waals surface area contributed by atoms with E-state index in [2.05, 4.69) is 52.4 Å². The molecular formula is C15H21N5. The van der Waals surface area contributed by atoms with Crippen LogP contribution in [0.5, 0.6) is 0 Å². The number of anilines is 2. The van der Waals surface area contributed by atoms with Crippen molar-refractivity contribution in [3.05, 3.63) is 41.5 Å². The van der Waals surface area contributed by atoms with Crippen molar-refractivity contribution in [3.63, 3.8) is 0 Å². The second-order valence-electron chi connectivity index (χ2n) is 5.01. The average molecular weight is 271 g/mol. The zero-order valence-corrected chi connectivity index (χ0v) is 12.4. The summed E-state index contributed by atoms with van der Waals surface area (Å²) in [6.07, 6.45) is 3.39. The van der Waals surface area contributed by atoms with Gasteiger partial charge in [0.25, 0.3) is 0 Å². The minimum Gasteiger partial charge on any atom is -0.373 e. The van der Waals surface area contributed by atoms with Crippen molar-refractivity contribution >= 4 is 11.6 Å². The molecule has 0 atom stereocenters. The number of aromatic nitrogens is 3. The maximum Gasteiger partial charge on any atom is 0.135 e. The molecule has 2 aromatic rings. The van der Waals surface area contributed by atoms with E-state index in [-0.39, 0.29) is 0 Å². The van der Waals surface area contributed by atoms with E-state index >= 15 is 0 Å². The van der Waals surface area contributed by atoms with Crippen molar-refractivity contribution < 1.29 is 0 Å². The van der Waals surface area contributed by atoms with E-state index in [1.807, 2.05) is 19.3 Å². The van der Waals surface area contributed by atoms with Gasteiger partial charge in [-0.25, -0.2) is 9.97 Å². The molecule has 0 radical (unpaired) electrons. The Kier molecular flexibility index (Phi) is 4.50. The molecule has 0 aliphatic carbocycles. The van der Waals surface area contributed by atoms with Gasteiger partial charge in [-0.05, 0) is 24.5 Å². The van der Waals surface area contributed by atoms with Crippen LogP contribution in [-0.2, 0) is 6.54 Å². The summed E-state index contributed by atoms with van der Waals surface area (Å²) in [4.78, 5) is 13.0. The molecule has 5 nitrogen and oxygen atoms in total. The number of nitrogens with one attached hydrogen (secondary N) is 2. The summed E-state index contributed by atoms with van der Waals surface area (Å²) in [5.41, 5.74) is 3.31. The fraction of sp³-hybridized carbons (Fsp3) is 0.400. The zero-order valence-electron chi connectivity index (χ0n) is 12.4. The Labute approximate surface area is 119 Å². The maximum atomic E-state index is 4.39. The van der Waals surface area contributed by atoms with Crippen molar-refractivity contribution in [2.45, 2.75) is 33.2 Å². The molecule has 0 spiro atoms. The lowest BCUT2D eigenvalue weighted by Gasteiger charge is -2.16. The number of hydrogen-bond donors (Lipinski definition) is 2. The van der Waals surface area contributed by atoms with Gasteiger partial charge in [-0.2, -0.15) is 0 Å². The van der Waals surface area contributed by atoms with Crippen LogP contribution >= 0.6 is 0 Å². The fourth-order valence-electron chi connectivity index (χ4n) is 2.15. The summed E-state index contributed by atoms with van der Waals surface area (Å²) in [5.74, 6) is 2.07. The van der Waals surface area contributed by atoms with E-state index in [1.54, 1.807) is 6.33 Å². The quantitative estimate of drug-likeness (QED) is 0.875. The van der Waals surface area contributed by atoms with Gasteiger partial charge in [0.2, 0.25) is 0 Å². The monoisotopic (exact) mass is 271 g/mol. The third-order valence-corrected chi connectivity index (χ3v) is 3.24. The molecule has 2 N–H and O–H groups in total. The smallest absolute Gasteiger partial charge is 0.135 e. The maximum absolute atomic E-state index is 4.39. The molecule has 106 valence electrons. The Bertz CT molecular complexity index is 580. The summed E-state index contributed by atoms with van der Waals surface area (Å²) < 4.78 is 0. The third kappa shape index (κ3) is 3.04. The third-order valence-electron chi connectivity index (χ3n) is 3.24. The van der Waals surface area contributed by atoms with Crippen LogP contribution in [0, 0.1) is 6.92 Å². The highest BCUT2D eigenvalue weighted by atomic mass is 15.1. The summed E-state index contributed by atoms with van der Waals surface area (Å²) in [5, 5.41) is 6.49. The molecule has 5 heteroatoms. The van der Waals surface area contributed by atoms with E-state index in [0.717, 1.165) is 22.9 Å². The van der Waals surface area contributed by atoms with Gasteiger partial charge in [0.05, 0.1) is 12.2 Å². The molecule has 0 fully saturated rings. The number of nitrogens with zero attached hydrogens (tertiary/aromatic N) is 3. The highest BCUT2D eigenvalue weighted by Crippen LogP contribution is 2.28. The fourth-order valence-corrected chi connectivity index (χ4v) is 2.15. The predicted octanol–water partition coefficient (Wildman–Crippen LogP) is 2.96. The van der Waals surface area contributed by atoms with Gasteiger partial charge in [0.15, 0.2) is 0 Å². The van der Waals surface area contributed by atoms with Gasteiger partial charge in [-0.15, -0.1) is 0 Å². The number of pyridine rings is 1. The first-order valence-electron chi connectivity index (χ1n) is 6.80. The Morgan fingerprint density at radius 1 is 1.15 bits per heavy atom. The van der Waals surface area contributed by atoms with Crippen LogP contribution in [0.15, 0.2) is 24.7 Å². The highest BCUT2D eigenvalue weighted by molar-refractivity contribution is 5.58. The molecule has 0 aliphatic rings. The lowest BCUT2D eigenvalue weighted by molar-refractivity contribution is 0.844. The molecule has 0 amide bonds. The molecular weight excluding hydrogens is 250 g/mol. The van der Waals surface area contributed by atoms with E-state index in [9.17, 15) is 0 Å². The van der Waals surface area contributed by atoms with Gasteiger partial charge < -0.3 is 10.6 Å². The van der Waals surface area contributed by atoms with Gasteiger partial charge in [-0.3, -0.25) is 4.98 Å². The molecule has 2 heterocycles. The molecule has 0 aromatic carbocycles. The normalized spacial score (nSPS) is 10.7. The molecule has 20 heavy (non-hydrogen) atoms. The van der Waals surface area contributed by atoms with Gasteiger partial charge in [0.1, 0.15) is 18.0 Å². The molecule has 0 aliphatic heterocycles. The topological polar surface area (TPSA) is 62.7 Å². The summed E-state index contributed by atoms with van der Waals surface area (Å²) in [6, 6.07) is 4.01. The van der Waals surface area contributed by atoms with Crippen LogP contribution in [0.1, 0.15) is 36.6 Å². The minimum atomic E-state index is 0.339. The SMILES string of the molecule is CNc1ncnc(NCc2ncccc2C)c1C(C)C. The second-order valence-corrected chi connectivity index (χ2v) is 5.01. The van der Waals surface area contributed by atoms with E-state index in [1.165, 1.54) is 5.56 Å². The largest absolute Gasteiger partial charge is 0.373 e. The van der Waals surface area contributed by atoms with Crippen molar-refractivity contribution in [3.8, 4) is 0 Å². The average Bonchev–Trinajstić information content (AvgIpc) is 2.45. The molecule has 0 unspecified atom stereocenters. The van der Waals surface area contributed by atoms with Crippen LogP contribution in [0.25, 0.3) is 0 Å². The van der Waals surface area contributed by atoms with E-state index in [0.29, 0.717) is 12.5 Å². The predicted molar refractivity (Wildman–Crippen MR) is 82.0 cm³/mol. The van der Waals surface area contributed by atoms with Crippen molar-refractivity contribution in [2.75, 3.05) is 17.7 Å². The summed E-state index contributed by atoms with van der Waals surface area (Å²) in [7, 11) is 1.88. The van der Waals surface area contributed by atoms with E-state index < -0.39 is 0 Å². The molecule has 0 saturated carbocycles. The Hall–Kier alpha value is -2.17. The van der Waals surface area contributed by atoms with Crippen LogP contribution in [0.3, 0.4) is 0 Å². The number of aryl methyl sites for hydroxylation is 1. The minimum absolute atomic E-state index is 0.339. The summed E-state index contributed by atoms with van der Waals surface area (Å²) >= 11 is 0. The lowest BCUT2D eigenvalue weighted by atomic mass is 10.0. The van der Waals surface area contributed by atoms with E-state index in [4.69, 9.17) is 0 Å². The number of rotatable bonds is 5. The van der Waals surface area contributed by atoms with Crippen LogP contribution in [0.4, 0.5) is 11.6 Å². The van der Waals surface area contributed by atoms with Crippen molar-refractivity contribution in [1.82, 2.24) is 15.0 Å². The lowest BCUT2D eigenvalue weighted by Crippen LogP contribution is -2.10. The molecule has 0 bridgehead atoms. The van der Waals surface area contributed by atoms with Gasteiger partial charge >= 0.3 is 0 Å². The molecule has 2 aromatic heterocycles. The summed E-state index contributed by atoms with van der Waals surface area (Å²) in [6.45, 7) is 6.99. The first-order valence-corrected chi connectivity index (χ1v) is 6.80.